The first-order chi connectivity index (χ1) is 19.2. The average Bonchev–Trinajstić information content (AvgIpc) is 2.93. The number of anilines is 3. The number of benzene rings is 2. The van der Waals surface area contributed by atoms with Gasteiger partial charge in [-0.15, -0.1) is 0 Å². The van der Waals surface area contributed by atoms with E-state index in [-0.39, 0.29) is 36.9 Å². The van der Waals surface area contributed by atoms with Gasteiger partial charge in [0.1, 0.15) is 6.61 Å². The Kier molecular flexibility index (Phi) is 10.2. The predicted octanol–water partition coefficient (Wildman–Crippen LogP) is 5.58. The van der Waals surface area contributed by atoms with Gasteiger partial charge in [0.05, 0.1) is 29.8 Å². The van der Waals surface area contributed by atoms with Crippen molar-refractivity contribution in [3.63, 3.8) is 0 Å². The van der Waals surface area contributed by atoms with Crippen LogP contribution in [0.3, 0.4) is 0 Å². The monoisotopic (exact) mass is 549 g/mol. The molecule has 2 fully saturated rings. The smallest absolute Gasteiger partial charge is 0.306 e. The maximum Gasteiger partial charge on any atom is 0.306 e. The largest absolute Gasteiger partial charge is 0.481 e. The Balaban J connectivity index is 1.46. The molecule has 0 radical (unpaired) electrons. The minimum absolute atomic E-state index is 0.0494. The van der Waals surface area contributed by atoms with Gasteiger partial charge in [0.25, 0.3) is 0 Å². The van der Waals surface area contributed by atoms with E-state index in [1.54, 1.807) is 6.07 Å². The molecule has 4 rings (SSSR count). The molecule has 2 aromatic carbocycles. The maximum atomic E-state index is 13.1. The average molecular weight is 550 g/mol. The molecule has 8 nitrogen and oxygen atoms in total. The first-order valence-electron chi connectivity index (χ1n) is 14.6. The molecule has 1 saturated heterocycles. The highest BCUT2D eigenvalue weighted by Crippen LogP contribution is 2.35. The third-order valence-corrected chi connectivity index (χ3v) is 8.36. The second-order valence-corrected chi connectivity index (χ2v) is 11.8. The number of nitrogens with zero attached hydrogens (tertiary/aromatic N) is 1. The summed E-state index contributed by atoms with van der Waals surface area (Å²) >= 11 is 0. The fourth-order valence-electron chi connectivity index (χ4n) is 5.98. The lowest BCUT2D eigenvalue weighted by Crippen LogP contribution is -2.36. The lowest BCUT2D eigenvalue weighted by atomic mass is 9.75. The molecule has 3 unspecified atom stereocenters. The molecule has 216 valence electrons. The molecule has 0 aromatic heterocycles. The lowest BCUT2D eigenvalue weighted by Gasteiger charge is -2.37. The minimum Gasteiger partial charge on any atom is -0.481 e. The summed E-state index contributed by atoms with van der Waals surface area (Å²) < 4.78 is 6.18. The first kappa shape index (κ1) is 29.6. The summed E-state index contributed by atoms with van der Waals surface area (Å²) in [6, 6.07) is 15.1. The minimum atomic E-state index is -0.754. The molecule has 1 aliphatic carbocycles. The number of carboxylic acids is 1. The Labute approximate surface area is 237 Å². The van der Waals surface area contributed by atoms with Gasteiger partial charge in [0.2, 0.25) is 11.8 Å². The van der Waals surface area contributed by atoms with E-state index in [0.29, 0.717) is 55.1 Å². The number of carboxylic acid groups (broad SMARTS) is 1. The van der Waals surface area contributed by atoms with E-state index in [2.05, 4.69) is 36.3 Å². The van der Waals surface area contributed by atoms with E-state index in [4.69, 9.17) is 4.74 Å². The normalized spacial score (nSPS) is 21.7. The van der Waals surface area contributed by atoms with Gasteiger partial charge in [-0.3, -0.25) is 14.4 Å². The zero-order valence-corrected chi connectivity index (χ0v) is 23.9. The number of amides is 2. The molecule has 0 bridgehead atoms. The van der Waals surface area contributed by atoms with Crippen molar-refractivity contribution in [3.8, 4) is 0 Å². The van der Waals surface area contributed by atoms with Gasteiger partial charge in [0, 0.05) is 18.8 Å². The highest BCUT2D eigenvalue weighted by Gasteiger charge is 2.32. The summed E-state index contributed by atoms with van der Waals surface area (Å²) in [7, 11) is 0. The molecule has 2 aromatic rings. The molecule has 2 aliphatic rings. The molecule has 3 atom stereocenters. The maximum absolute atomic E-state index is 13.1. The molecule has 1 aliphatic heterocycles. The van der Waals surface area contributed by atoms with Crippen molar-refractivity contribution in [2.24, 2.45) is 23.7 Å². The van der Waals surface area contributed by atoms with Crippen LogP contribution in [0.1, 0.15) is 58.4 Å². The number of nitrogens with one attached hydrogen (secondary N) is 2. The van der Waals surface area contributed by atoms with Gasteiger partial charge < -0.3 is 25.4 Å². The van der Waals surface area contributed by atoms with Gasteiger partial charge in [-0.25, -0.2) is 0 Å². The van der Waals surface area contributed by atoms with E-state index >= 15 is 0 Å². The Morgan fingerprint density at radius 1 is 0.950 bits per heavy atom. The number of carbonyl (C=O) groups is 3. The van der Waals surface area contributed by atoms with Crippen molar-refractivity contribution >= 4 is 34.8 Å². The molecule has 1 saturated carbocycles. The number of piperidine rings is 1. The number of hydrogen-bond acceptors (Lipinski definition) is 5. The van der Waals surface area contributed by atoms with E-state index in [9.17, 15) is 19.5 Å². The van der Waals surface area contributed by atoms with Crippen molar-refractivity contribution in [2.45, 2.75) is 65.4 Å². The van der Waals surface area contributed by atoms with E-state index < -0.39 is 5.97 Å². The van der Waals surface area contributed by atoms with Crippen molar-refractivity contribution in [3.05, 3.63) is 54.1 Å². The lowest BCUT2D eigenvalue weighted by molar-refractivity contribution is -0.142. The van der Waals surface area contributed by atoms with Crippen LogP contribution in [-0.4, -0.2) is 48.7 Å². The SMILES string of the molecule is CC1CCC(C(C)C)C(OCC(=O)Nc2cc(N3CCC(C(=O)O)CC3)ccc2NC(=O)Cc2ccccc2)C1. The fourth-order valence-corrected chi connectivity index (χ4v) is 5.98. The van der Waals surface area contributed by atoms with E-state index in [0.717, 1.165) is 24.1 Å². The van der Waals surface area contributed by atoms with Crippen molar-refractivity contribution in [2.75, 3.05) is 35.2 Å². The summed E-state index contributed by atoms with van der Waals surface area (Å²) in [5.74, 6) is -0.0123. The zero-order chi connectivity index (χ0) is 28.6. The Hall–Kier alpha value is -3.39. The third-order valence-electron chi connectivity index (χ3n) is 8.36. The highest BCUT2D eigenvalue weighted by molar-refractivity contribution is 6.01. The molecular weight excluding hydrogens is 506 g/mol. The molecule has 8 heteroatoms. The van der Waals surface area contributed by atoms with E-state index in [1.807, 2.05) is 42.5 Å². The summed E-state index contributed by atoms with van der Waals surface area (Å²) in [5, 5.41) is 15.3. The van der Waals surface area contributed by atoms with Gasteiger partial charge >= 0.3 is 5.97 Å². The topological polar surface area (TPSA) is 108 Å². The van der Waals surface area contributed by atoms with Gasteiger partial charge in [-0.05, 0) is 67.2 Å². The van der Waals surface area contributed by atoms with Crippen LogP contribution < -0.4 is 15.5 Å². The van der Waals surface area contributed by atoms with Crippen LogP contribution in [0.5, 0.6) is 0 Å². The summed E-state index contributed by atoms with van der Waals surface area (Å²) in [6.07, 6.45) is 4.67. The fraction of sp³-hybridized carbons (Fsp3) is 0.531. The van der Waals surface area contributed by atoms with Crippen molar-refractivity contribution in [1.29, 1.82) is 0 Å². The molecule has 3 N–H and O–H groups in total. The second-order valence-electron chi connectivity index (χ2n) is 11.8. The van der Waals surface area contributed by atoms with Crippen molar-refractivity contribution < 1.29 is 24.2 Å². The summed E-state index contributed by atoms with van der Waals surface area (Å²) in [6.45, 7) is 7.85. The van der Waals surface area contributed by atoms with E-state index in [1.165, 1.54) is 6.42 Å². The standard InChI is InChI=1S/C32H43N3O5/c1-21(2)26-11-9-22(3)17-29(26)40-20-31(37)34-28-19-25(35-15-13-24(14-16-35)32(38)39)10-12-27(28)33-30(36)18-23-7-5-4-6-8-23/h4-8,10,12,19,21-22,24,26,29H,9,11,13-18,20H2,1-3H3,(H,33,36)(H,34,37)(H,38,39). The van der Waals surface area contributed by atoms with Crippen LogP contribution in [0.25, 0.3) is 0 Å². The number of hydrogen-bond donors (Lipinski definition) is 3. The van der Waals surface area contributed by atoms with Gasteiger partial charge in [-0.1, -0.05) is 57.5 Å². The van der Waals surface area contributed by atoms with Crippen LogP contribution in [0.4, 0.5) is 17.1 Å². The Bertz CT molecular complexity index is 1160. The number of carbonyl (C=O) groups excluding carboxylic acids is 2. The quantitative estimate of drug-likeness (QED) is 0.357. The molecular formula is C32H43N3O5. The van der Waals surface area contributed by atoms with Crippen molar-refractivity contribution in [1.82, 2.24) is 0 Å². The van der Waals surface area contributed by atoms with Crippen LogP contribution in [0.15, 0.2) is 48.5 Å². The van der Waals surface area contributed by atoms with Crippen LogP contribution >= 0.6 is 0 Å². The number of aliphatic carboxylic acids is 1. The summed E-state index contributed by atoms with van der Waals surface area (Å²) in [5.41, 5.74) is 2.80. The summed E-state index contributed by atoms with van der Waals surface area (Å²) in [4.78, 5) is 39.5. The molecule has 2 amide bonds. The molecule has 40 heavy (non-hydrogen) atoms. The molecule has 1 heterocycles. The van der Waals surface area contributed by atoms with Gasteiger partial charge in [0.15, 0.2) is 0 Å². The van der Waals surface area contributed by atoms with Crippen LogP contribution in [0, 0.1) is 23.7 Å². The number of ether oxygens (including phenoxy) is 1. The second kappa shape index (κ2) is 13.8. The third kappa shape index (κ3) is 8.07. The zero-order valence-electron chi connectivity index (χ0n) is 23.9. The Morgan fingerprint density at radius 3 is 2.33 bits per heavy atom. The number of rotatable bonds is 10. The van der Waals surface area contributed by atoms with Crippen LogP contribution in [0.2, 0.25) is 0 Å². The highest BCUT2D eigenvalue weighted by atomic mass is 16.5. The Morgan fingerprint density at radius 2 is 1.65 bits per heavy atom. The molecule has 0 spiro atoms. The van der Waals surface area contributed by atoms with Gasteiger partial charge in [-0.2, -0.15) is 0 Å². The first-order valence-corrected chi connectivity index (χ1v) is 14.6. The predicted molar refractivity (Wildman–Crippen MR) is 158 cm³/mol. The van der Waals surface area contributed by atoms with Crippen LogP contribution in [-0.2, 0) is 25.5 Å².